The SMILES string of the molecule is CCCCCCCCCCCCCCCCCCCCCCCCCCCCC=CC(=Nc1cc(CCCC)cc(CCCC)c1)C(CCCCCC)=Nc1cc(CCCC)cc(CCCC)c1.CCc1ccc(O)c(O)c1C(=O)[O-].CCc1ccc(O)c(O)c1C(=O)[O-].[Ni+2]. The molecule has 0 amide bonds. The molecule has 0 aliphatic carbocycles. The predicted molar refractivity (Wildman–Crippen MR) is 397 cm³/mol. The van der Waals surface area contributed by atoms with Gasteiger partial charge >= 0.3 is 16.5 Å². The van der Waals surface area contributed by atoms with Crippen LogP contribution in [0, 0.1) is 0 Å². The molecule has 4 aromatic rings. The third-order valence-electron chi connectivity index (χ3n) is 18.1. The molecule has 10 nitrogen and oxygen atoms in total. The molecule has 4 aromatic carbocycles. The van der Waals surface area contributed by atoms with Crippen LogP contribution in [0.4, 0.5) is 11.4 Å². The number of unbranched alkanes of at least 4 members (excludes halogenated alkanes) is 33. The number of benzene rings is 4. The van der Waals surface area contributed by atoms with Gasteiger partial charge in [-0.3, -0.25) is 4.99 Å². The van der Waals surface area contributed by atoms with Crippen molar-refractivity contribution in [2.75, 3.05) is 0 Å². The second-order valence-electron chi connectivity index (χ2n) is 26.5. The van der Waals surface area contributed by atoms with Crippen LogP contribution in [-0.2, 0) is 55.0 Å². The third kappa shape index (κ3) is 40.2. The van der Waals surface area contributed by atoms with Crippen LogP contribution in [0.3, 0.4) is 0 Å². The zero-order chi connectivity index (χ0) is 68.8. The van der Waals surface area contributed by atoms with Gasteiger partial charge in [0.25, 0.3) is 0 Å². The Morgan fingerprint density at radius 1 is 0.368 bits per heavy atom. The number of allylic oxidation sites excluding steroid dienone is 2. The van der Waals surface area contributed by atoms with Crippen LogP contribution >= 0.6 is 0 Å². The number of phenols is 4. The van der Waals surface area contributed by atoms with E-state index in [0.29, 0.717) is 24.0 Å². The van der Waals surface area contributed by atoms with Gasteiger partial charge in [-0.15, -0.1) is 0 Å². The number of carboxylic acids is 2. The Morgan fingerprint density at radius 3 is 0.947 bits per heavy atom. The molecular formula is C84H132N2NiO8. The number of carbonyl (C=O) groups is 2. The average molecular weight is 1360 g/mol. The molecule has 4 rings (SSSR count). The van der Waals surface area contributed by atoms with Crippen LogP contribution in [-0.4, -0.2) is 43.8 Å². The molecule has 0 saturated carbocycles. The number of rotatable bonds is 52. The number of aromatic carboxylic acids is 2. The van der Waals surface area contributed by atoms with E-state index >= 15 is 0 Å². The fraction of sp³-hybridized carbons (Fsp3) is 0.643. The van der Waals surface area contributed by atoms with Gasteiger partial charge in [-0.1, -0.05) is 291 Å². The van der Waals surface area contributed by atoms with Gasteiger partial charge in [0.05, 0.1) is 34.7 Å². The minimum atomic E-state index is -1.48. The summed E-state index contributed by atoms with van der Waals surface area (Å²) in [6.07, 6.45) is 64.5. The molecule has 0 aliphatic rings. The summed E-state index contributed by atoms with van der Waals surface area (Å²) in [7, 11) is 0. The van der Waals surface area contributed by atoms with Crippen LogP contribution in [0.5, 0.6) is 23.0 Å². The van der Waals surface area contributed by atoms with Crippen molar-refractivity contribution in [2.45, 2.75) is 351 Å². The van der Waals surface area contributed by atoms with E-state index in [0.717, 1.165) is 62.0 Å². The zero-order valence-electron chi connectivity index (χ0n) is 61.1. The number of nitrogens with zero attached hydrogens (tertiary/aromatic N) is 2. The number of carbonyl (C=O) groups excluding carboxylic acids is 2. The Hall–Kier alpha value is -5.41. The minimum absolute atomic E-state index is 0. The molecule has 11 heteroatoms. The second-order valence-corrected chi connectivity index (χ2v) is 26.5. The first kappa shape index (κ1) is 87.6. The molecule has 0 fully saturated rings. The Bertz CT molecular complexity index is 2610. The predicted octanol–water partition coefficient (Wildman–Crippen LogP) is 23.0. The first-order valence-corrected chi connectivity index (χ1v) is 38.3. The molecule has 0 spiro atoms. The number of phenolic OH excluding ortho intramolecular Hbond substituents is 2. The van der Waals surface area contributed by atoms with E-state index in [9.17, 15) is 30.0 Å². The summed E-state index contributed by atoms with van der Waals surface area (Å²) in [4.78, 5) is 32.3. The minimum Gasteiger partial charge on any atom is -0.545 e. The normalized spacial score (nSPS) is 11.5. The number of aryl methyl sites for hydroxylation is 6. The van der Waals surface area contributed by atoms with Gasteiger partial charge in [0.2, 0.25) is 0 Å². The standard InChI is InChI=1S/C66H114N2.2C9H10O4.Ni/c1-7-13-19-21-22-23-24-25-26-27-28-29-30-31-32-33-34-35-36-37-38-39-40-41-42-43-44-46-52-66(68-64-57-61(49-17-11-5)54-62(58-64)50-18-12-6)65(51-45-20-14-8-2)67-63-55-59(47-15-9-3)53-60(56-63)48-16-10-4;2*1-2-5-3-4-6(10)8(11)7(5)9(12)13;/h46,52-58H,7-45,47-51H2,1-6H3;2*3-4,10-11H,2H2,1H3,(H,12,13);/q;;;+2/p-2. The quantitative estimate of drug-likeness (QED) is 0.0146. The van der Waals surface area contributed by atoms with Crippen molar-refractivity contribution in [1.82, 2.24) is 0 Å². The second kappa shape index (κ2) is 57.6. The number of aromatic hydroxyl groups is 4. The van der Waals surface area contributed by atoms with Crippen molar-refractivity contribution in [3.8, 4) is 23.0 Å². The molecular weight excluding hydrogens is 1220 g/mol. The number of aliphatic imine (C=N–C) groups is 2. The maximum atomic E-state index is 10.6. The number of hydrogen-bond donors (Lipinski definition) is 4. The van der Waals surface area contributed by atoms with Gasteiger partial charge in [-0.05, 0) is 166 Å². The van der Waals surface area contributed by atoms with Crippen LogP contribution in [0.15, 0.2) is 82.8 Å². The van der Waals surface area contributed by atoms with Crippen molar-refractivity contribution < 1.29 is 56.7 Å². The summed E-state index contributed by atoms with van der Waals surface area (Å²) < 4.78 is 0. The summed E-state index contributed by atoms with van der Waals surface area (Å²) in [5.74, 6) is -5.11. The van der Waals surface area contributed by atoms with E-state index in [1.807, 2.05) is 0 Å². The maximum Gasteiger partial charge on any atom is 2.00 e. The van der Waals surface area contributed by atoms with Crippen molar-refractivity contribution in [1.29, 1.82) is 0 Å². The van der Waals surface area contributed by atoms with Gasteiger partial charge in [0, 0.05) is 11.1 Å². The van der Waals surface area contributed by atoms with Crippen LogP contribution in [0.2, 0.25) is 0 Å². The van der Waals surface area contributed by atoms with Crippen molar-refractivity contribution in [2.24, 2.45) is 9.98 Å². The van der Waals surface area contributed by atoms with E-state index in [2.05, 4.69) is 90.1 Å². The molecule has 0 atom stereocenters. The van der Waals surface area contributed by atoms with E-state index in [1.54, 1.807) is 13.8 Å². The van der Waals surface area contributed by atoms with Gasteiger partial charge < -0.3 is 40.2 Å². The summed E-state index contributed by atoms with van der Waals surface area (Å²) in [5, 5.41) is 57.6. The Balaban J connectivity index is 0.00000136. The summed E-state index contributed by atoms with van der Waals surface area (Å²) in [6, 6.07) is 19.8. The summed E-state index contributed by atoms with van der Waals surface area (Å²) >= 11 is 0. The molecule has 0 bridgehead atoms. The van der Waals surface area contributed by atoms with Gasteiger partial charge in [0.15, 0.2) is 23.0 Å². The fourth-order valence-corrected chi connectivity index (χ4v) is 12.2. The first-order valence-electron chi connectivity index (χ1n) is 38.3. The molecule has 0 radical (unpaired) electrons. The van der Waals surface area contributed by atoms with E-state index < -0.39 is 34.9 Å². The molecule has 4 N–H and O–H groups in total. The van der Waals surface area contributed by atoms with Crippen molar-refractivity contribution in [3.63, 3.8) is 0 Å². The van der Waals surface area contributed by atoms with Crippen molar-refractivity contribution in [3.05, 3.63) is 117 Å². The fourth-order valence-electron chi connectivity index (χ4n) is 12.2. The third-order valence-corrected chi connectivity index (χ3v) is 18.1. The van der Waals surface area contributed by atoms with E-state index in [4.69, 9.17) is 20.2 Å². The molecule has 0 aliphatic heterocycles. The molecule has 0 unspecified atom stereocenters. The molecule has 0 heterocycles. The van der Waals surface area contributed by atoms with Crippen LogP contribution in [0.25, 0.3) is 0 Å². The van der Waals surface area contributed by atoms with Gasteiger partial charge in [-0.25, -0.2) is 4.99 Å². The Kier molecular flexibility index (Phi) is 53.2. The topological polar surface area (TPSA) is 186 Å². The van der Waals surface area contributed by atoms with Gasteiger partial charge in [0.1, 0.15) is 0 Å². The summed E-state index contributed by atoms with van der Waals surface area (Å²) in [6.45, 7) is 17.3. The van der Waals surface area contributed by atoms with Crippen molar-refractivity contribution >= 4 is 34.7 Å². The van der Waals surface area contributed by atoms with E-state index in [1.165, 1.54) is 290 Å². The van der Waals surface area contributed by atoms with E-state index in [-0.39, 0.29) is 27.6 Å². The van der Waals surface area contributed by atoms with Gasteiger partial charge in [-0.2, -0.15) is 0 Å². The average Bonchev–Trinajstić information content (AvgIpc) is 0.882. The van der Waals surface area contributed by atoms with Crippen LogP contribution < -0.4 is 10.2 Å². The summed E-state index contributed by atoms with van der Waals surface area (Å²) in [5.41, 5.74) is 10.5. The van der Waals surface area contributed by atoms with Crippen LogP contribution in [0.1, 0.15) is 366 Å². The monoisotopic (exact) mass is 1350 g/mol. The molecule has 0 saturated heterocycles. The molecule has 95 heavy (non-hydrogen) atoms. The zero-order valence-corrected chi connectivity index (χ0v) is 62.1. The maximum absolute atomic E-state index is 10.6. The number of hydrogen-bond acceptors (Lipinski definition) is 10. The Morgan fingerprint density at radius 2 is 0.653 bits per heavy atom. The molecule has 0 aromatic heterocycles. The Labute approximate surface area is 589 Å². The molecule has 536 valence electrons. The first-order chi connectivity index (χ1) is 45.7. The smallest absolute Gasteiger partial charge is 0.545 e. The largest absolute Gasteiger partial charge is 2.00 e. The number of carboxylic acid groups (broad SMARTS) is 2.